The molecule has 1 aliphatic rings. The van der Waals surface area contributed by atoms with Crippen LogP contribution in [0.4, 0.5) is 0 Å². The molecule has 1 saturated heterocycles. The first-order valence-electron chi connectivity index (χ1n) is 7.78. The second-order valence-electron chi connectivity index (χ2n) is 5.97. The largest absolute Gasteiger partial charge is 0.491 e. The molecule has 0 aromatic heterocycles. The van der Waals surface area contributed by atoms with Crippen LogP contribution in [-0.4, -0.2) is 31.6 Å². The van der Waals surface area contributed by atoms with Crippen molar-refractivity contribution in [1.29, 1.82) is 0 Å². The summed E-state index contributed by atoms with van der Waals surface area (Å²) in [6.45, 7) is 8.45. The summed E-state index contributed by atoms with van der Waals surface area (Å²) < 4.78 is 5.89. The van der Waals surface area contributed by atoms with Crippen molar-refractivity contribution in [1.82, 2.24) is 10.6 Å². The smallest absolute Gasteiger partial charge is 0.223 e. The molecule has 2 N–H and O–H groups in total. The monoisotopic (exact) mass is 290 g/mol. The molecule has 1 atom stereocenters. The number of carbonyl (C=O) groups is 1. The molecule has 0 spiro atoms. The van der Waals surface area contributed by atoms with Crippen LogP contribution in [0, 0.1) is 19.8 Å². The molecule has 4 heteroatoms. The lowest BCUT2D eigenvalue weighted by atomic mass is 9.97. The lowest BCUT2D eigenvalue weighted by Crippen LogP contribution is -2.43. The number of hydrogen-bond donors (Lipinski definition) is 2. The predicted molar refractivity (Wildman–Crippen MR) is 84.6 cm³/mol. The van der Waals surface area contributed by atoms with Crippen LogP contribution in [0.2, 0.25) is 0 Å². The minimum absolute atomic E-state index is 0.0198. The van der Waals surface area contributed by atoms with Gasteiger partial charge in [0.15, 0.2) is 0 Å². The summed E-state index contributed by atoms with van der Waals surface area (Å²) in [7, 11) is 0. The number of ether oxygens (including phenoxy) is 1. The van der Waals surface area contributed by atoms with E-state index in [1.165, 1.54) is 0 Å². The number of aryl methyl sites for hydroxylation is 2. The molecule has 1 unspecified atom stereocenters. The molecule has 0 aliphatic carbocycles. The molecule has 1 aromatic carbocycles. The zero-order chi connectivity index (χ0) is 15.2. The summed E-state index contributed by atoms with van der Waals surface area (Å²) >= 11 is 0. The van der Waals surface area contributed by atoms with E-state index in [1.807, 2.05) is 39.0 Å². The molecule has 2 rings (SSSR count). The summed E-state index contributed by atoms with van der Waals surface area (Å²) in [5.41, 5.74) is 2.26. The first kappa shape index (κ1) is 15.8. The maximum atomic E-state index is 12.2. The Kier molecular flexibility index (Phi) is 5.62. The summed E-state index contributed by atoms with van der Waals surface area (Å²) in [5, 5.41) is 6.34. The van der Waals surface area contributed by atoms with Gasteiger partial charge in [-0.15, -0.1) is 0 Å². The molecule has 116 valence electrons. The second kappa shape index (κ2) is 7.46. The van der Waals surface area contributed by atoms with E-state index < -0.39 is 0 Å². The molecule has 1 aromatic rings. The van der Waals surface area contributed by atoms with Gasteiger partial charge in [-0.2, -0.15) is 0 Å². The van der Waals surface area contributed by atoms with E-state index in [1.54, 1.807) is 0 Å². The van der Waals surface area contributed by atoms with Crippen LogP contribution in [0.3, 0.4) is 0 Å². The predicted octanol–water partition coefficient (Wildman–Crippen LogP) is 2.19. The van der Waals surface area contributed by atoms with Gasteiger partial charge in [0.2, 0.25) is 5.91 Å². The average molecular weight is 290 g/mol. The van der Waals surface area contributed by atoms with Gasteiger partial charge >= 0.3 is 0 Å². The molecule has 1 amide bonds. The van der Waals surface area contributed by atoms with Crippen LogP contribution in [0.1, 0.15) is 30.9 Å². The number of piperidine rings is 1. The highest BCUT2D eigenvalue weighted by Crippen LogP contribution is 2.22. The van der Waals surface area contributed by atoms with Gasteiger partial charge in [0, 0.05) is 5.92 Å². The first-order chi connectivity index (χ1) is 10.1. The van der Waals surface area contributed by atoms with Crippen LogP contribution >= 0.6 is 0 Å². The van der Waals surface area contributed by atoms with Gasteiger partial charge in [-0.3, -0.25) is 4.79 Å². The molecule has 4 nitrogen and oxygen atoms in total. The van der Waals surface area contributed by atoms with Crippen molar-refractivity contribution in [3.63, 3.8) is 0 Å². The van der Waals surface area contributed by atoms with Gasteiger partial charge in [0.1, 0.15) is 12.4 Å². The van der Waals surface area contributed by atoms with Crippen molar-refractivity contribution in [2.24, 2.45) is 5.92 Å². The molecule has 1 heterocycles. The van der Waals surface area contributed by atoms with Crippen molar-refractivity contribution in [2.45, 2.75) is 39.7 Å². The quantitative estimate of drug-likeness (QED) is 0.874. The average Bonchev–Trinajstić information content (AvgIpc) is 2.47. The van der Waals surface area contributed by atoms with E-state index in [-0.39, 0.29) is 17.9 Å². The van der Waals surface area contributed by atoms with Gasteiger partial charge in [-0.1, -0.05) is 18.2 Å². The lowest BCUT2D eigenvalue weighted by Gasteiger charge is -2.24. The van der Waals surface area contributed by atoms with E-state index in [0.717, 1.165) is 42.8 Å². The van der Waals surface area contributed by atoms with Crippen molar-refractivity contribution < 1.29 is 9.53 Å². The minimum Gasteiger partial charge on any atom is -0.491 e. The van der Waals surface area contributed by atoms with Gasteiger partial charge in [-0.25, -0.2) is 0 Å². The Morgan fingerprint density at radius 1 is 1.33 bits per heavy atom. The van der Waals surface area contributed by atoms with Gasteiger partial charge < -0.3 is 15.4 Å². The third-order valence-electron chi connectivity index (χ3n) is 3.99. The zero-order valence-electron chi connectivity index (χ0n) is 13.2. The van der Waals surface area contributed by atoms with E-state index in [4.69, 9.17) is 4.74 Å². The molecule has 1 fully saturated rings. The van der Waals surface area contributed by atoms with Crippen molar-refractivity contribution in [2.75, 3.05) is 19.7 Å². The van der Waals surface area contributed by atoms with Gasteiger partial charge in [-0.05, 0) is 57.8 Å². The molecule has 1 aliphatic heterocycles. The molecule has 21 heavy (non-hydrogen) atoms. The van der Waals surface area contributed by atoms with Crippen molar-refractivity contribution >= 4 is 5.91 Å². The Balaban J connectivity index is 1.81. The lowest BCUT2D eigenvalue weighted by molar-refractivity contribution is -0.126. The third kappa shape index (κ3) is 4.46. The van der Waals surface area contributed by atoms with E-state index in [9.17, 15) is 4.79 Å². The van der Waals surface area contributed by atoms with E-state index in [2.05, 4.69) is 10.6 Å². The van der Waals surface area contributed by atoms with Crippen molar-refractivity contribution in [3.8, 4) is 5.75 Å². The Bertz CT molecular complexity index is 461. The first-order valence-corrected chi connectivity index (χ1v) is 7.78. The number of hydrogen-bond acceptors (Lipinski definition) is 3. The van der Waals surface area contributed by atoms with Crippen LogP contribution in [-0.2, 0) is 4.79 Å². The molecule has 0 saturated carbocycles. The third-order valence-corrected chi connectivity index (χ3v) is 3.99. The van der Waals surface area contributed by atoms with Crippen LogP contribution in [0.5, 0.6) is 5.75 Å². The fraction of sp³-hybridized carbons (Fsp3) is 0.588. The normalized spacial score (nSPS) is 17.3. The van der Waals surface area contributed by atoms with Crippen molar-refractivity contribution in [3.05, 3.63) is 29.3 Å². The second-order valence-corrected chi connectivity index (χ2v) is 5.97. The van der Waals surface area contributed by atoms with Gasteiger partial charge in [0.05, 0.1) is 6.04 Å². The molecular weight excluding hydrogens is 264 g/mol. The number of rotatable bonds is 5. The minimum atomic E-state index is 0.0198. The maximum Gasteiger partial charge on any atom is 0.223 e. The maximum absolute atomic E-state index is 12.2. The number of nitrogens with one attached hydrogen (secondary N) is 2. The number of benzene rings is 1. The Morgan fingerprint density at radius 2 is 1.95 bits per heavy atom. The molecular formula is C17H26N2O2. The topological polar surface area (TPSA) is 50.4 Å². The van der Waals surface area contributed by atoms with Crippen LogP contribution in [0.15, 0.2) is 18.2 Å². The standard InChI is InChI=1S/C17H26N2O2/c1-12-5-4-6-13(2)16(12)21-11-14(3)19-17(20)15-7-9-18-10-8-15/h4-6,14-15,18H,7-11H2,1-3H3,(H,19,20). The molecule has 0 bridgehead atoms. The summed E-state index contributed by atoms with van der Waals surface area (Å²) in [6, 6.07) is 6.13. The van der Waals surface area contributed by atoms with Gasteiger partial charge in [0.25, 0.3) is 0 Å². The fourth-order valence-electron chi connectivity index (χ4n) is 2.72. The highest BCUT2D eigenvalue weighted by molar-refractivity contribution is 5.79. The number of carbonyl (C=O) groups excluding carboxylic acids is 1. The van der Waals surface area contributed by atoms with E-state index in [0.29, 0.717) is 6.61 Å². The SMILES string of the molecule is Cc1cccc(C)c1OCC(C)NC(=O)C1CCNCC1. The fourth-order valence-corrected chi connectivity index (χ4v) is 2.72. The zero-order valence-corrected chi connectivity index (χ0v) is 13.2. The highest BCUT2D eigenvalue weighted by atomic mass is 16.5. The summed E-state index contributed by atoms with van der Waals surface area (Å²) in [6.07, 6.45) is 1.85. The Morgan fingerprint density at radius 3 is 2.57 bits per heavy atom. The van der Waals surface area contributed by atoms with Crippen LogP contribution in [0.25, 0.3) is 0 Å². The highest BCUT2D eigenvalue weighted by Gasteiger charge is 2.22. The number of para-hydroxylation sites is 1. The summed E-state index contributed by atoms with van der Waals surface area (Å²) in [5.74, 6) is 1.24. The Hall–Kier alpha value is -1.55. The Labute approximate surface area is 127 Å². The van der Waals surface area contributed by atoms with E-state index >= 15 is 0 Å². The summed E-state index contributed by atoms with van der Waals surface area (Å²) in [4.78, 5) is 12.2. The van der Waals surface area contributed by atoms with Crippen LogP contribution < -0.4 is 15.4 Å². The number of amides is 1. The molecule has 0 radical (unpaired) electrons.